The van der Waals surface area contributed by atoms with Gasteiger partial charge in [-0.3, -0.25) is 4.79 Å². The van der Waals surface area contributed by atoms with Gasteiger partial charge in [-0.15, -0.1) is 0 Å². The van der Waals surface area contributed by atoms with E-state index >= 15 is 0 Å². The SMILES string of the molecule is COCCOCC(=O)N[C@@H]1c2ccccc2[C@@H]2CN(CCOC)C[C@H]12. The average molecular weight is 348 g/mol. The molecule has 0 aromatic heterocycles. The monoisotopic (exact) mass is 348 g/mol. The molecule has 0 unspecified atom stereocenters. The Morgan fingerprint density at radius 2 is 1.88 bits per heavy atom. The fraction of sp³-hybridized carbons (Fsp3) is 0.632. The molecular weight excluding hydrogens is 320 g/mol. The Balaban J connectivity index is 1.64. The standard InChI is InChI=1S/C19H28N2O4/c1-23-8-7-21-11-16-14-5-3-4-6-15(14)19(17(16)12-21)20-18(22)13-25-10-9-24-2/h3-6,16-17,19H,7-13H2,1-2H3,(H,20,22)/t16-,17-,19+/m0/s1. The van der Waals surface area contributed by atoms with Gasteiger partial charge in [0.15, 0.2) is 0 Å². The lowest BCUT2D eigenvalue weighted by molar-refractivity contribution is -0.127. The van der Waals surface area contributed by atoms with E-state index in [1.807, 2.05) is 0 Å². The number of amides is 1. The molecule has 1 aromatic rings. The van der Waals surface area contributed by atoms with Gasteiger partial charge in [0.05, 0.1) is 25.9 Å². The van der Waals surface area contributed by atoms with Gasteiger partial charge in [0.25, 0.3) is 0 Å². The number of hydrogen-bond donors (Lipinski definition) is 1. The molecular formula is C19H28N2O4. The highest BCUT2D eigenvalue weighted by Crippen LogP contribution is 2.48. The van der Waals surface area contributed by atoms with E-state index in [9.17, 15) is 4.79 Å². The van der Waals surface area contributed by atoms with Crippen molar-refractivity contribution in [3.8, 4) is 0 Å². The molecule has 1 amide bonds. The van der Waals surface area contributed by atoms with E-state index in [0.717, 1.165) is 26.2 Å². The molecule has 0 bridgehead atoms. The van der Waals surface area contributed by atoms with Gasteiger partial charge in [-0.25, -0.2) is 0 Å². The molecule has 1 saturated heterocycles. The van der Waals surface area contributed by atoms with Crippen molar-refractivity contribution in [3.05, 3.63) is 35.4 Å². The lowest BCUT2D eigenvalue weighted by Crippen LogP contribution is -2.36. The number of methoxy groups -OCH3 is 2. The number of carbonyl (C=O) groups is 1. The first-order valence-corrected chi connectivity index (χ1v) is 8.90. The maximum Gasteiger partial charge on any atom is 0.246 e. The Kier molecular flexibility index (Phi) is 6.42. The smallest absolute Gasteiger partial charge is 0.246 e. The van der Waals surface area contributed by atoms with Crippen LogP contribution in [0, 0.1) is 5.92 Å². The van der Waals surface area contributed by atoms with Crippen LogP contribution < -0.4 is 5.32 Å². The molecule has 0 spiro atoms. The number of ether oxygens (including phenoxy) is 3. The Morgan fingerprint density at radius 1 is 1.12 bits per heavy atom. The third kappa shape index (κ3) is 4.20. The van der Waals surface area contributed by atoms with Crippen LogP contribution >= 0.6 is 0 Å². The summed E-state index contributed by atoms with van der Waals surface area (Å²) < 4.78 is 15.5. The molecule has 2 aliphatic rings. The molecule has 1 fully saturated rings. The van der Waals surface area contributed by atoms with Gasteiger partial charge in [0, 0.05) is 45.7 Å². The number of nitrogens with zero attached hydrogens (tertiary/aromatic N) is 1. The van der Waals surface area contributed by atoms with Crippen LogP contribution in [0.4, 0.5) is 0 Å². The highest BCUT2D eigenvalue weighted by Gasteiger charge is 2.46. The molecule has 6 nitrogen and oxygen atoms in total. The van der Waals surface area contributed by atoms with Crippen molar-refractivity contribution in [2.75, 3.05) is 60.3 Å². The van der Waals surface area contributed by atoms with Crippen LogP contribution in [0.25, 0.3) is 0 Å². The minimum absolute atomic E-state index is 0.0623. The third-order valence-electron chi connectivity index (χ3n) is 5.19. The van der Waals surface area contributed by atoms with E-state index in [4.69, 9.17) is 14.2 Å². The largest absolute Gasteiger partial charge is 0.383 e. The minimum atomic E-state index is -0.0631. The minimum Gasteiger partial charge on any atom is -0.383 e. The molecule has 0 radical (unpaired) electrons. The van der Waals surface area contributed by atoms with Crippen molar-refractivity contribution in [1.82, 2.24) is 10.2 Å². The Bertz CT molecular complexity index is 580. The van der Waals surface area contributed by atoms with Gasteiger partial charge < -0.3 is 24.4 Å². The molecule has 1 N–H and O–H groups in total. The lowest BCUT2D eigenvalue weighted by Gasteiger charge is -2.23. The summed E-state index contributed by atoms with van der Waals surface area (Å²) in [5.41, 5.74) is 2.63. The van der Waals surface area contributed by atoms with Gasteiger partial charge in [-0.1, -0.05) is 24.3 Å². The van der Waals surface area contributed by atoms with Gasteiger partial charge in [0.2, 0.25) is 5.91 Å². The van der Waals surface area contributed by atoms with Gasteiger partial charge in [-0.05, 0) is 11.1 Å². The van der Waals surface area contributed by atoms with Crippen LogP contribution in [0.1, 0.15) is 23.1 Å². The third-order valence-corrected chi connectivity index (χ3v) is 5.19. The van der Waals surface area contributed by atoms with Crippen LogP contribution in [0.2, 0.25) is 0 Å². The first-order valence-electron chi connectivity index (χ1n) is 8.90. The van der Waals surface area contributed by atoms with Gasteiger partial charge in [0.1, 0.15) is 6.61 Å². The van der Waals surface area contributed by atoms with Crippen LogP contribution in [0.3, 0.4) is 0 Å². The van der Waals surface area contributed by atoms with Crippen LogP contribution in [-0.2, 0) is 19.0 Å². The van der Waals surface area contributed by atoms with E-state index < -0.39 is 0 Å². The molecule has 0 saturated carbocycles. The highest BCUT2D eigenvalue weighted by molar-refractivity contribution is 5.78. The topological polar surface area (TPSA) is 60.0 Å². The normalized spacial score (nSPS) is 25.0. The van der Waals surface area contributed by atoms with Crippen molar-refractivity contribution in [2.45, 2.75) is 12.0 Å². The van der Waals surface area contributed by atoms with E-state index in [1.165, 1.54) is 11.1 Å². The van der Waals surface area contributed by atoms with Crippen molar-refractivity contribution in [1.29, 1.82) is 0 Å². The Labute approximate surface area is 149 Å². The Morgan fingerprint density at radius 3 is 2.64 bits per heavy atom. The summed E-state index contributed by atoms with van der Waals surface area (Å²) in [4.78, 5) is 14.7. The first kappa shape index (κ1) is 18.3. The zero-order chi connectivity index (χ0) is 17.6. The second-order valence-electron chi connectivity index (χ2n) is 6.74. The number of fused-ring (bicyclic) bond motifs is 3. The lowest BCUT2D eigenvalue weighted by atomic mass is 9.94. The molecule has 1 aliphatic carbocycles. The van der Waals surface area contributed by atoms with E-state index in [0.29, 0.717) is 25.0 Å². The van der Waals surface area contributed by atoms with E-state index in [1.54, 1.807) is 14.2 Å². The molecule has 25 heavy (non-hydrogen) atoms. The molecule has 6 heteroatoms. The molecule has 3 rings (SSSR count). The van der Waals surface area contributed by atoms with E-state index in [2.05, 4.69) is 34.5 Å². The molecule has 1 aromatic carbocycles. The van der Waals surface area contributed by atoms with Crippen LogP contribution in [0.15, 0.2) is 24.3 Å². The molecule has 1 aliphatic heterocycles. The zero-order valence-corrected chi connectivity index (χ0v) is 15.1. The quantitative estimate of drug-likeness (QED) is 0.679. The maximum absolute atomic E-state index is 12.3. The second-order valence-corrected chi connectivity index (χ2v) is 6.74. The summed E-state index contributed by atoms with van der Waals surface area (Å²) in [5.74, 6) is 0.830. The number of likely N-dealkylation sites (tertiary alicyclic amines) is 1. The number of hydrogen-bond acceptors (Lipinski definition) is 5. The van der Waals surface area contributed by atoms with Crippen molar-refractivity contribution in [3.63, 3.8) is 0 Å². The molecule has 3 atom stereocenters. The summed E-state index contributed by atoms with van der Waals surface area (Å²) in [6, 6.07) is 8.55. The fourth-order valence-electron chi connectivity index (χ4n) is 4.05. The van der Waals surface area contributed by atoms with Crippen molar-refractivity contribution in [2.24, 2.45) is 5.92 Å². The summed E-state index contributed by atoms with van der Waals surface area (Å²) >= 11 is 0. The molecule has 138 valence electrons. The van der Waals surface area contributed by atoms with Crippen LogP contribution in [-0.4, -0.2) is 71.1 Å². The first-order chi connectivity index (χ1) is 12.2. The van der Waals surface area contributed by atoms with Gasteiger partial charge >= 0.3 is 0 Å². The summed E-state index contributed by atoms with van der Waals surface area (Å²) in [6.07, 6.45) is 0. The number of rotatable bonds is 9. The number of nitrogens with one attached hydrogen (secondary N) is 1. The number of benzene rings is 1. The Hall–Kier alpha value is -1.47. The zero-order valence-electron chi connectivity index (χ0n) is 15.1. The number of carbonyl (C=O) groups excluding carboxylic acids is 1. The summed E-state index contributed by atoms with van der Waals surface area (Å²) in [5, 5.41) is 3.20. The van der Waals surface area contributed by atoms with Crippen LogP contribution in [0.5, 0.6) is 0 Å². The predicted molar refractivity (Wildman–Crippen MR) is 94.6 cm³/mol. The highest BCUT2D eigenvalue weighted by atomic mass is 16.5. The van der Waals surface area contributed by atoms with Crippen molar-refractivity contribution >= 4 is 5.91 Å². The fourth-order valence-corrected chi connectivity index (χ4v) is 4.05. The van der Waals surface area contributed by atoms with Crippen molar-refractivity contribution < 1.29 is 19.0 Å². The predicted octanol–water partition coefficient (Wildman–Crippen LogP) is 1.18. The maximum atomic E-state index is 12.3. The average Bonchev–Trinajstić information content (AvgIpc) is 3.16. The second kappa shape index (κ2) is 8.76. The summed E-state index contributed by atoms with van der Waals surface area (Å²) in [6.45, 7) is 4.70. The molecule has 1 heterocycles. The van der Waals surface area contributed by atoms with E-state index in [-0.39, 0.29) is 18.6 Å². The van der Waals surface area contributed by atoms with Gasteiger partial charge in [-0.2, -0.15) is 0 Å². The summed E-state index contributed by atoms with van der Waals surface area (Å²) in [7, 11) is 3.35.